The van der Waals surface area contributed by atoms with Crippen molar-refractivity contribution in [3.8, 4) is 24.8 Å². The van der Waals surface area contributed by atoms with Crippen molar-refractivity contribution < 1.29 is 19.1 Å². The molecule has 2 aromatic carbocycles. The summed E-state index contributed by atoms with van der Waals surface area (Å²) in [6.45, 7) is 10.5. The van der Waals surface area contributed by atoms with Gasteiger partial charge in [0.1, 0.15) is 11.6 Å². The number of hydrogen-bond donors (Lipinski definition) is 2. The van der Waals surface area contributed by atoms with Crippen molar-refractivity contribution in [2.45, 2.75) is 59.2 Å². The van der Waals surface area contributed by atoms with E-state index in [1.165, 1.54) is 0 Å². The summed E-state index contributed by atoms with van der Waals surface area (Å²) in [7, 11) is 0. The molecule has 0 aliphatic carbocycles. The number of anilines is 1. The van der Waals surface area contributed by atoms with Gasteiger partial charge in [-0.15, -0.1) is 6.42 Å². The Labute approximate surface area is 213 Å². The lowest BCUT2D eigenvalue weighted by Gasteiger charge is -2.32. The molecule has 2 aromatic rings. The van der Waals surface area contributed by atoms with Crippen molar-refractivity contribution in [2.75, 3.05) is 5.32 Å². The van der Waals surface area contributed by atoms with Gasteiger partial charge in [-0.1, -0.05) is 62.6 Å². The first-order chi connectivity index (χ1) is 16.9. The van der Waals surface area contributed by atoms with Gasteiger partial charge in [-0.3, -0.25) is 14.5 Å². The first-order valence-electron chi connectivity index (χ1n) is 11.6. The number of hydrogen-bond acceptors (Lipinski definition) is 4. The number of benzene rings is 2. The third-order valence-corrected chi connectivity index (χ3v) is 5.30. The number of alkyl carbamates (subject to hydrolysis) is 1. The van der Waals surface area contributed by atoms with Gasteiger partial charge >= 0.3 is 6.09 Å². The molecule has 0 fully saturated rings. The van der Waals surface area contributed by atoms with Crippen LogP contribution in [0.1, 0.15) is 57.4 Å². The summed E-state index contributed by atoms with van der Waals surface area (Å²) < 4.78 is 5.32. The minimum atomic E-state index is -1.25. The molecule has 7 nitrogen and oxygen atoms in total. The molecule has 3 amide bonds. The van der Waals surface area contributed by atoms with Crippen LogP contribution in [-0.2, 0) is 14.3 Å². The Morgan fingerprint density at radius 3 is 2.17 bits per heavy atom. The predicted molar refractivity (Wildman–Crippen MR) is 141 cm³/mol. The number of aryl methyl sites for hydroxylation is 1. The van der Waals surface area contributed by atoms with Gasteiger partial charge in [0.05, 0.1) is 0 Å². The Morgan fingerprint density at radius 2 is 1.61 bits per heavy atom. The molecular formula is C29H33N3O4. The number of para-hydroxylation sites is 1. The fourth-order valence-electron chi connectivity index (χ4n) is 3.54. The van der Waals surface area contributed by atoms with Gasteiger partial charge in [0.25, 0.3) is 11.8 Å². The first kappa shape index (κ1) is 28.0. The zero-order chi connectivity index (χ0) is 27.0. The van der Waals surface area contributed by atoms with E-state index in [1.54, 1.807) is 71.0 Å². The highest BCUT2D eigenvalue weighted by atomic mass is 16.6. The van der Waals surface area contributed by atoms with Crippen LogP contribution < -0.4 is 10.6 Å². The largest absolute Gasteiger partial charge is 0.444 e. The Bertz CT molecular complexity index is 1200. The van der Waals surface area contributed by atoms with E-state index in [0.29, 0.717) is 16.8 Å². The molecule has 7 heteroatoms. The number of carbonyl (C=O) groups excluding carboxylic acids is 3. The zero-order valence-electron chi connectivity index (χ0n) is 21.6. The van der Waals surface area contributed by atoms with E-state index >= 15 is 0 Å². The van der Waals surface area contributed by atoms with E-state index in [2.05, 4.69) is 22.6 Å². The SMILES string of the molecule is C#Cc1ccccc1C(C(=O)Nc1ccccc1C)N(C#C)C(=O)C(NC(=O)OC(C)(C)C)C(C)C. The van der Waals surface area contributed by atoms with Crippen molar-refractivity contribution >= 4 is 23.6 Å². The number of nitrogens with zero attached hydrogens (tertiary/aromatic N) is 1. The van der Waals surface area contributed by atoms with Gasteiger partial charge in [-0.2, -0.15) is 0 Å². The van der Waals surface area contributed by atoms with Crippen LogP contribution in [0.4, 0.5) is 10.5 Å². The van der Waals surface area contributed by atoms with Gasteiger partial charge in [0, 0.05) is 22.9 Å². The van der Waals surface area contributed by atoms with E-state index in [1.807, 2.05) is 19.1 Å². The topological polar surface area (TPSA) is 87.7 Å². The molecule has 2 N–H and O–H groups in total. The first-order valence-corrected chi connectivity index (χ1v) is 11.6. The maximum absolute atomic E-state index is 13.7. The second kappa shape index (κ2) is 12.0. The van der Waals surface area contributed by atoms with Crippen LogP contribution in [0.25, 0.3) is 0 Å². The monoisotopic (exact) mass is 487 g/mol. The van der Waals surface area contributed by atoms with Crippen LogP contribution in [-0.4, -0.2) is 34.5 Å². The fourth-order valence-corrected chi connectivity index (χ4v) is 3.54. The Morgan fingerprint density at radius 1 is 1.00 bits per heavy atom. The number of terminal acetylenes is 2. The summed E-state index contributed by atoms with van der Waals surface area (Å²) >= 11 is 0. The van der Waals surface area contributed by atoms with Gasteiger partial charge in [-0.25, -0.2) is 4.79 Å². The van der Waals surface area contributed by atoms with Crippen molar-refractivity contribution in [2.24, 2.45) is 5.92 Å². The summed E-state index contributed by atoms with van der Waals surface area (Å²) in [5.41, 5.74) is 1.44. The summed E-state index contributed by atoms with van der Waals surface area (Å²) in [6.07, 6.45) is 10.8. The third-order valence-electron chi connectivity index (χ3n) is 5.30. The fraction of sp³-hybridized carbons (Fsp3) is 0.345. The van der Waals surface area contributed by atoms with Crippen molar-refractivity contribution in [3.05, 3.63) is 65.2 Å². The zero-order valence-corrected chi connectivity index (χ0v) is 21.6. The molecule has 0 aromatic heterocycles. The number of carbonyl (C=O) groups is 3. The number of rotatable bonds is 7. The maximum Gasteiger partial charge on any atom is 0.408 e. The molecule has 2 atom stereocenters. The highest BCUT2D eigenvalue weighted by Gasteiger charge is 2.38. The van der Waals surface area contributed by atoms with Gasteiger partial charge < -0.3 is 15.4 Å². The van der Waals surface area contributed by atoms with Gasteiger partial charge in [-0.05, 0) is 51.3 Å². The molecule has 2 unspecified atom stereocenters. The number of nitrogens with one attached hydrogen (secondary N) is 2. The second-order valence-electron chi connectivity index (χ2n) is 9.64. The molecule has 0 aliphatic heterocycles. The molecule has 0 bridgehead atoms. The molecule has 188 valence electrons. The highest BCUT2D eigenvalue weighted by Crippen LogP contribution is 2.28. The molecule has 0 heterocycles. The Hall–Kier alpha value is -4.23. The molecular weight excluding hydrogens is 454 g/mol. The molecule has 0 radical (unpaired) electrons. The van der Waals surface area contributed by atoms with Crippen LogP contribution in [0.15, 0.2) is 48.5 Å². The second-order valence-corrected chi connectivity index (χ2v) is 9.64. The number of ether oxygens (including phenoxy) is 1. The van der Waals surface area contributed by atoms with E-state index in [-0.39, 0.29) is 5.92 Å². The average Bonchev–Trinajstić information content (AvgIpc) is 2.80. The Balaban J connectivity index is 2.53. The summed E-state index contributed by atoms with van der Waals surface area (Å²) in [6, 6.07) is 14.1. The van der Waals surface area contributed by atoms with E-state index < -0.39 is 35.6 Å². The Kier molecular flexibility index (Phi) is 9.30. The third kappa shape index (κ3) is 7.13. The average molecular weight is 488 g/mol. The van der Waals surface area contributed by atoms with E-state index in [4.69, 9.17) is 17.6 Å². The van der Waals surface area contributed by atoms with Crippen molar-refractivity contribution in [3.63, 3.8) is 0 Å². The maximum atomic E-state index is 13.7. The number of amides is 3. The lowest BCUT2D eigenvalue weighted by atomic mass is 9.96. The standard InChI is InChI=1S/C29H33N3O4/c1-9-21-16-12-13-17-22(21)25(26(33)30-23-18-14-11-15-20(23)5)32(10-2)27(34)24(19(3)4)31-28(35)36-29(6,7)8/h1-2,11-19,24-25H,3-8H3,(H,30,33)(H,31,35). The predicted octanol–water partition coefficient (Wildman–Crippen LogP) is 4.62. The highest BCUT2D eigenvalue weighted by molar-refractivity contribution is 6.00. The van der Waals surface area contributed by atoms with Crippen LogP contribution in [0, 0.1) is 37.7 Å². The summed E-state index contributed by atoms with van der Waals surface area (Å²) in [4.78, 5) is 40.9. The summed E-state index contributed by atoms with van der Waals surface area (Å²) in [5.74, 6) is 1.01. The normalized spacial score (nSPS) is 12.5. The molecule has 0 saturated heterocycles. The lowest BCUT2D eigenvalue weighted by Crippen LogP contribution is -2.53. The summed E-state index contributed by atoms with van der Waals surface area (Å²) in [5, 5.41) is 5.46. The smallest absolute Gasteiger partial charge is 0.408 e. The lowest BCUT2D eigenvalue weighted by molar-refractivity contribution is -0.137. The molecule has 2 rings (SSSR count). The quantitative estimate of drug-likeness (QED) is 0.441. The van der Waals surface area contributed by atoms with Gasteiger partial charge in [0.2, 0.25) is 0 Å². The minimum Gasteiger partial charge on any atom is -0.444 e. The van der Waals surface area contributed by atoms with E-state index in [9.17, 15) is 14.4 Å². The van der Waals surface area contributed by atoms with Crippen LogP contribution in [0.2, 0.25) is 0 Å². The van der Waals surface area contributed by atoms with Crippen LogP contribution >= 0.6 is 0 Å². The molecule has 0 saturated carbocycles. The molecule has 36 heavy (non-hydrogen) atoms. The van der Waals surface area contributed by atoms with Crippen molar-refractivity contribution in [1.82, 2.24) is 10.2 Å². The van der Waals surface area contributed by atoms with Crippen LogP contribution in [0.5, 0.6) is 0 Å². The minimum absolute atomic E-state index is 0.358. The molecule has 0 aliphatic rings. The van der Waals surface area contributed by atoms with Crippen LogP contribution in [0.3, 0.4) is 0 Å². The van der Waals surface area contributed by atoms with Gasteiger partial charge in [0.15, 0.2) is 6.04 Å². The molecule has 0 spiro atoms. The van der Waals surface area contributed by atoms with Crippen molar-refractivity contribution in [1.29, 1.82) is 0 Å². The van der Waals surface area contributed by atoms with E-state index in [0.717, 1.165) is 10.5 Å².